The molecule has 84 valence electrons. The molecule has 0 amide bonds. The summed E-state index contributed by atoms with van der Waals surface area (Å²) in [6, 6.07) is 2.21. The minimum absolute atomic E-state index is 0.0531. The van der Waals surface area contributed by atoms with Gasteiger partial charge in [-0.25, -0.2) is 12.7 Å². The molecule has 0 bridgehead atoms. The van der Waals surface area contributed by atoms with Crippen LogP contribution in [0, 0.1) is 23.2 Å². The zero-order valence-electron chi connectivity index (χ0n) is 8.72. The fourth-order valence-corrected chi connectivity index (χ4v) is 3.86. The Morgan fingerprint density at radius 1 is 1.20 bits per heavy atom. The van der Waals surface area contributed by atoms with Gasteiger partial charge in [0.25, 0.3) is 0 Å². The molecule has 0 N–H and O–H groups in total. The molecule has 0 aromatic rings. The third-order valence-corrected chi connectivity index (χ3v) is 5.22. The third kappa shape index (κ3) is 2.70. The fraction of sp³-hybridized carbons (Fsp3) is 0.900. The average molecular weight is 228 g/mol. The Morgan fingerprint density at radius 3 is 2.27 bits per heavy atom. The van der Waals surface area contributed by atoms with E-state index >= 15 is 0 Å². The van der Waals surface area contributed by atoms with E-state index in [2.05, 4.69) is 6.07 Å². The van der Waals surface area contributed by atoms with Gasteiger partial charge in [-0.1, -0.05) is 0 Å². The first kappa shape index (κ1) is 10.9. The van der Waals surface area contributed by atoms with Crippen molar-refractivity contribution in [3.63, 3.8) is 0 Å². The predicted octanol–water partition coefficient (Wildman–Crippen LogP) is 0.962. The number of nitriles is 1. The molecular formula is C10H16N2O2S. The summed E-state index contributed by atoms with van der Waals surface area (Å²) in [5.74, 6) is 0.783. The molecule has 1 saturated carbocycles. The highest BCUT2D eigenvalue weighted by Crippen LogP contribution is 2.32. The van der Waals surface area contributed by atoms with Gasteiger partial charge in [0.05, 0.1) is 11.8 Å². The maximum absolute atomic E-state index is 11.9. The molecule has 4 nitrogen and oxygen atoms in total. The predicted molar refractivity (Wildman–Crippen MR) is 56.4 cm³/mol. The Labute approximate surface area is 90.9 Å². The third-order valence-electron chi connectivity index (χ3n) is 3.17. The first-order chi connectivity index (χ1) is 7.12. The normalized spacial score (nSPS) is 25.0. The van der Waals surface area contributed by atoms with Gasteiger partial charge in [0.15, 0.2) is 0 Å². The quantitative estimate of drug-likeness (QED) is 0.723. The van der Waals surface area contributed by atoms with Crippen LogP contribution in [0.25, 0.3) is 0 Å². The van der Waals surface area contributed by atoms with E-state index in [1.807, 2.05) is 0 Å². The highest BCUT2D eigenvalue weighted by molar-refractivity contribution is 7.89. The number of nitrogens with zero attached hydrogens (tertiary/aromatic N) is 2. The molecule has 2 aliphatic rings. The van der Waals surface area contributed by atoms with Crippen LogP contribution >= 0.6 is 0 Å². The average Bonchev–Trinajstić information content (AvgIpc) is 3.01. The maximum Gasteiger partial charge on any atom is 0.214 e. The summed E-state index contributed by atoms with van der Waals surface area (Å²) in [7, 11) is -3.03. The van der Waals surface area contributed by atoms with Crippen LogP contribution in [0.3, 0.4) is 0 Å². The lowest BCUT2D eigenvalue weighted by Gasteiger charge is -2.28. The van der Waals surface area contributed by atoms with Crippen molar-refractivity contribution in [1.82, 2.24) is 4.31 Å². The largest absolute Gasteiger partial charge is 0.214 e. The van der Waals surface area contributed by atoms with Gasteiger partial charge in [-0.2, -0.15) is 5.26 Å². The van der Waals surface area contributed by atoms with Crippen LogP contribution < -0.4 is 0 Å². The fourth-order valence-electron chi connectivity index (χ4n) is 1.95. The minimum atomic E-state index is -3.03. The summed E-state index contributed by atoms with van der Waals surface area (Å²) in [6.07, 6.45) is 3.52. The molecule has 1 aliphatic carbocycles. The van der Waals surface area contributed by atoms with Crippen molar-refractivity contribution in [2.45, 2.75) is 25.7 Å². The number of piperidine rings is 1. The zero-order chi connectivity index (χ0) is 10.9. The van der Waals surface area contributed by atoms with Gasteiger partial charge in [-0.3, -0.25) is 0 Å². The Hall–Kier alpha value is -0.600. The van der Waals surface area contributed by atoms with Crippen molar-refractivity contribution in [1.29, 1.82) is 5.26 Å². The Balaban J connectivity index is 1.91. The summed E-state index contributed by atoms with van der Waals surface area (Å²) in [5.41, 5.74) is 0. The number of hydrogen-bond donors (Lipinski definition) is 0. The molecule has 0 unspecified atom stereocenters. The lowest BCUT2D eigenvalue weighted by atomic mass is 10.0. The molecule has 15 heavy (non-hydrogen) atoms. The van der Waals surface area contributed by atoms with Crippen LogP contribution in [0.15, 0.2) is 0 Å². The van der Waals surface area contributed by atoms with Crippen molar-refractivity contribution in [2.75, 3.05) is 18.8 Å². The first-order valence-corrected chi connectivity index (χ1v) is 7.10. The van der Waals surface area contributed by atoms with Gasteiger partial charge in [-0.15, -0.1) is 0 Å². The molecule has 2 rings (SSSR count). The van der Waals surface area contributed by atoms with Crippen LogP contribution in [-0.4, -0.2) is 31.6 Å². The summed E-state index contributed by atoms with van der Waals surface area (Å²) < 4.78 is 25.3. The summed E-state index contributed by atoms with van der Waals surface area (Å²) >= 11 is 0. The van der Waals surface area contributed by atoms with E-state index in [0.29, 0.717) is 37.6 Å². The standard InChI is InChI=1S/C10H16N2O2S/c11-7-9-3-5-12(6-4-9)15(13,14)8-10-1-2-10/h9-10H,1-6,8H2. The van der Waals surface area contributed by atoms with Gasteiger partial charge in [0, 0.05) is 19.0 Å². The lowest BCUT2D eigenvalue weighted by molar-refractivity contribution is 0.309. The van der Waals surface area contributed by atoms with Crippen LogP contribution in [0.5, 0.6) is 0 Å². The van der Waals surface area contributed by atoms with Gasteiger partial charge in [0.1, 0.15) is 0 Å². The topological polar surface area (TPSA) is 61.2 Å². The summed E-state index contributed by atoms with van der Waals surface area (Å²) in [4.78, 5) is 0. The molecule has 2 fully saturated rings. The molecule has 1 aliphatic heterocycles. The molecule has 0 radical (unpaired) electrons. The van der Waals surface area contributed by atoms with Crippen molar-refractivity contribution in [3.8, 4) is 6.07 Å². The van der Waals surface area contributed by atoms with Crippen molar-refractivity contribution < 1.29 is 8.42 Å². The smallest absolute Gasteiger partial charge is 0.212 e. The lowest BCUT2D eigenvalue weighted by Crippen LogP contribution is -2.39. The Bertz CT molecular complexity index is 359. The number of rotatable bonds is 3. The highest BCUT2D eigenvalue weighted by Gasteiger charge is 2.33. The summed E-state index contributed by atoms with van der Waals surface area (Å²) in [5, 5.41) is 8.72. The van der Waals surface area contributed by atoms with Gasteiger partial charge >= 0.3 is 0 Å². The van der Waals surface area contributed by atoms with E-state index in [4.69, 9.17) is 5.26 Å². The molecule has 0 aromatic carbocycles. The molecule has 5 heteroatoms. The van der Waals surface area contributed by atoms with Gasteiger partial charge in [0.2, 0.25) is 10.0 Å². The van der Waals surface area contributed by atoms with E-state index in [0.717, 1.165) is 12.8 Å². The Kier molecular flexibility index (Phi) is 2.98. The van der Waals surface area contributed by atoms with Crippen LogP contribution in [-0.2, 0) is 10.0 Å². The van der Waals surface area contributed by atoms with E-state index < -0.39 is 10.0 Å². The summed E-state index contributed by atoms with van der Waals surface area (Å²) in [6.45, 7) is 1.07. The second-order valence-electron chi connectivity index (χ2n) is 4.52. The van der Waals surface area contributed by atoms with E-state index in [1.54, 1.807) is 4.31 Å². The second kappa shape index (κ2) is 4.11. The van der Waals surface area contributed by atoms with Crippen LogP contribution in [0.2, 0.25) is 0 Å². The number of hydrogen-bond acceptors (Lipinski definition) is 3. The molecule has 0 aromatic heterocycles. The first-order valence-electron chi connectivity index (χ1n) is 5.49. The molecule has 1 saturated heterocycles. The molecule has 0 atom stereocenters. The van der Waals surface area contributed by atoms with Crippen LogP contribution in [0.1, 0.15) is 25.7 Å². The van der Waals surface area contributed by atoms with Crippen molar-refractivity contribution in [3.05, 3.63) is 0 Å². The monoisotopic (exact) mass is 228 g/mol. The molecule has 1 heterocycles. The van der Waals surface area contributed by atoms with Gasteiger partial charge in [-0.05, 0) is 31.6 Å². The Morgan fingerprint density at radius 2 is 1.80 bits per heavy atom. The van der Waals surface area contributed by atoms with E-state index in [-0.39, 0.29) is 5.92 Å². The van der Waals surface area contributed by atoms with Crippen molar-refractivity contribution in [2.24, 2.45) is 11.8 Å². The maximum atomic E-state index is 11.9. The van der Waals surface area contributed by atoms with Gasteiger partial charge < -0.3 is 0 Å². The van der Waals surface area contributed by atoms with Crippen molar-refractivity contribution >= 4 is 10.0 Å². The molecule has 0 spiro atoms. The van der Waals surface area contributed by atoms with E-state index in [1.165, 1.54) is 0 Å². The molecular weight excluding hydrogens is 212 g/mol. The van der Waals surface area contributed by atoms with E-state index in [9.17, 15) is 8.42 Å². The van der Waals surface area contributed by atoms with Crippen LogP contribution in [0.4, 0.5) is 0 Å². The highest BCUT2D eigenvalue weighted by atomic mass is 32.2. The zero-order valence-corrected chi connectivity index (χ0v) is 9.54. The minimum Gasteiger partial charge on any atom is -0.212 e. The number of sulfonamides is 1. The SMILES string of the molecule is N#CC1CCN(S(=O)(=O)CC2CC2)CC1. The second-order valence-corrected chi connectivity index (χ2v) is 6.54.